The predicted molar refractivity (Wildman–Crippen MR) is 118 cm³/mol. The summed E-state index contributed by atoms with van der Waals surface area (Å²) in [4.78, 5) is 27.6. The minimum atomic E-state index is -0.287. The lowest BCUT2D eigenvalue weighted by atomic mass is 10.2. The van der Waals surface area contributed by atoms with E-state index in [-0.39, 0.29) is 24.0 Å². The molecule has 0 aliphatic rings. The first-order valence-corrected chi connectivity index (χ1v) is 11.2. The summed E-state index contributed by atoms with van der Waals surface area (Å²) in [6.07, 6.45) is 1.55. The molecule has 8 heteroatoms. The Morgan fingerprint density at radius 3 is 2.66 bits per heavy atom. The number of likely N-dealkylation sites (N-methyl/N-ethyl adjacent to an activating group) is 1. The van der Waals surface area contributed by atoms with Gasteiger partial charge in [0.05, 0.1) is 5.75 Å². The fourth-order valence-electron chi connectivity index (χ4n) is 2.93. The van der Waals surface area contributed by atoms with Crippen molar-refractivity contribution in [2.45, 2.75) is 25.4 Å². The van der Waals surface area contributed by atoms with Gasteiger partial charge < -0.3 is 9.80 Å². The van der Waals surface area contributed by atoms with Crippen molar-refractivity contribution in [2.75, 3.05) is 32.9 Å². The van der Waals surface area contributed by atoms with Gasteiger partial charge in [-0.3, -0.25) is 4.79 Å². The van der Waals surface area contributed by atoms with Crippen LogP contribution < -0.4 is 0 Å². The largest absolute Gasteiger partial charge is 0.336 e. The summed E-state index contributed by atoms with van der Waals surface area (Å²) in [7, 11) is 3.92. The van der Waals surface area contributed by atoms with E-state index in [1.54, 1.807) is 40.8 Å². The van der Waals surface area contributed by atoms with Crippen molar-refractivity contribution >= 4 is 39.2 Å². The van der Waals surface area contributed by atoms with Gasteiger partial charge in [0.25, 0.3) is 0 Å². The summed E-state index contributed by atoms with van der Waals surface area (Å²) in [5.74, 6) is -0.0661. The van der Waals surface area contributed by atoms with Crippen LogP contribution in [0.1, 0.15) is 16.0 Å². The number of hydrogen-bond donors (Lipinski definition) is 0. The number of thiophene rings is 1. The van der Waals surface area contributed by atoms with Gasteiger partial charge in [-0.15, -0.1) is 11.3 Å². The van der Waals surface area contributed by atoms with E-state index in [9.17, 15) is 9.18 Å². The number of carbonyl (C=O) groups is 1. The summed E-state index contributed by atoms with van der Waals surface area (Å²) < 4.78 is 14.1. The number of thioether (sulfide) groups is 1. The fourth-order valence-corrected chi connectivity index (χ4v) is 4.95. The number of rotatable bonds is 8. The smallest absolute Gasteiger partial charge is 0.233 e. The first-order valence-electron chi connectivity index (χ1n) is 9.36. The standard InChI is InChI=1S/C21H25FN4OS2/c1-14-15(2)29-21-19(14)20(23-13-24-21)28-12-18(27)26(10-9-25(3)4)11-16-7-5-6-8-17(16)22/h5-8,13H,9-12H2,1-4H3. The topological polar surface area (TPSA) is 49.3 Å². The molecule has 3 aromatic rings. The number of amides is 1. The molecular formula is C21H25FN4OS2. The highest BCUT2D eigenvalue weighted by atomic mass is 32.2. The Bertz CT molecular complexity index is 1010. The lowest BCUT2D eigenvalue weighted by Crippen LogP contribution is -2.37. The number of benzene rings is 1. The Morgan fingerprint density at radius 2 is 1.93 bits per heavy atom. The van der Waals surface area contributed by atoms with E-state index in [4.69, 9.17) is 0 Å². The minimum Gasteiger partial charge on any atom is -0.336 e. The number of nitrogens with zero attached hydrogens (tertiary/aromatic N) is 4. The van der Waals surface area contributed by atoms with E-state index in [2.05, 4.69) is 23.8 Å². The summed E-state index contributed by atoms with van der Waals surface area (Å²) in [5.41, 5.74) is 1.69. The zero-order valence-corrected chi connectivity index (χ0v) is 18.7. The average Bonchev–Trinajstić information content (AvgIpc) is 2.99. The van der Waals surface area contributed by atoms with Gasteiger partial charge >= 0.3 is 0 Å². The van der Waals surface area contributed by atoms with Crippen LogP contribution >= 0.6 is 23.1 Å². The molecule has 0 spiro atoms. The van der Waals surface area contributed by atoms with Crippen LogP contribution in [-0.4, -0.2) is 58.6 Å². The van der Waals surface area contributed by atoms with E-state index in [1.807, 2.05) is 19.0 Å². The van der Waals surface area contributed by atoms with Gasteiger partial charge in [-0.1, -0.05) is 30.0 Å². The molecule has 5 nitrogen and oxygen atoms in total. The zero-order valence-electron chi connectivity index (χ0n) is 17.1. The number of halogens is 1. The predicted octanol–water partition coefficient (Wildman–Crippen LogP) is 4.13. The molecule has 0 fully saturated rings. The highest BCUT2D eigenvalue weighted by Crippen LogP contribution is 2.34. The molecule has 0 atom stereocenters. The van der Waals surface area contributed by atoms with Crippen LogP contribution in [0.3, 0.4) is 0 Å². The third kappa shape index (κ3) is 5.32. The lowest BCUT2D eigenvalue weighted by Gasteiger charge is -2.24. The van der Waals surface area contributed by atoms with E-state index in [0.29, 0.717) is 18.7 Å². The third-order valence-electron chi connectivity index (χ3n) is 4.75. The van der Waals surface area contributed by atoms with E-state index in [1.165, 1.54) is 22.7 Å². The molecule has 29 heavy (non-hydrogen) atoms. The van der Waals surface area contributed by atoms with Crippen molar-refractivity contribution in [3.05, 3.63) is 52.4 Å². The van der Waals surface area contributed by atoms with Crippen molar-refractivity contribution in [3.8, 4) is 0 Å². The maximum Gasteiger partial charge on any atom is 0.233 e. The van der Waals surface area contributed by atoms with Crippen LogP contribution in [0.4, 0.5) is 4.39 Å². The Morgan fingerprint density at radius 1 is 1.17 bits per heavy atom. The molecule has 0 unspecified atom stereocenters. The van der Waals surface area contributed by atoms with Crippen LogP contribution in [0.25, 0.3) is 10.2 Å². The molecule has 0 saturated heterocycles. The zero-order chi connectivity index (χ0) is 21.0. The second kappa shape index (κ2) is 9.65. The quantitative estimate of drug-likeness (QED) is 0.396. The summed E-state index contributed by atoms with van der Waals surface area (Å²) in [6, 6.07) is 6.61. The van der Waals surface area contributed by atoms with Gasteiger partial charge in [-0.2, -0.15) is 0 Å². The van der Waals surface area contributed by atoms with Crippen LogP contribution in [0, 0.1) is 19.7 Å². The molecule has 2 aromatic heterocycles. The van der Waals surface area contributed by atoms with Crippen LogP contribution in [0.2, 0.25) is 0 Å². The molecule has 1 aromatic carbocycles. The molecule has 1 amide bonds. The monoisotopic (exact) mass is 432 g/mol. The first kappa shape index (κ1) is 21.7. The molecule has 2 heterocycles. The second-order valence-corrected chi connectivity index (χ2v) is 9.31. The van der Waals surface area contributed by atoms with Crippen molar-refractivity contribution in [1.29, 1.82) is 0 Å². The maximum atomic E-state index is 14.1. The van der Waals surface area contributed by atoms with Crippen molar-refractivity contribution < 1.29 is 9.18 Å². The normalized spacial score (nSPS) is 11.4. The van der Waals surface area contributed by atoms with Crippen LogP contribution in [0.15, 0.2) is 35.6 Å². The molecule has 0 bridgehead atoms. The summed E-state index contributed by atoms with van der Waals surface area (Å²) in [6.45, 7) is 5.64. The number of aromatic nitrogens is 2. The van der Waals surface area contributed by atoms with Gasteiger partial charge in [-0.25, -0.2) is 14.4 Å². The Labute approximate surface area is 179 Å². The molecule has 0 saturated carbocycles. The Balaban J connectivity index is 1.75. The highest BCUT2D eigenvalue weighted by molar-refractivity contribution is 8.00. The van der Waals surface area contributed by atoms with Crippen molar-refractivity contribution in [2.24, 2.45) is 0 Å². The van der Waals surface area contributed by atoms with Gasteiger partial charge in [0.1, 0.15) is 22.0 Å². The number of aryl methyl sites for hydroxylation is 2. The first-order chi connectivity index (χ1) is 13.9. The van der Waals surface area contributed by atoms with Gasteiger partial charge in [0.15, 0.2) is 0 Å². The van der Waals surface area contributed by atoms with Gasteiger partial charge in [-0.05, 0) is 39.6 Å². The van der Waals surface area contributed by atoms with Crippen LogP contribution in [-0.2, 0) is 11.3 Å². The van der Waals surface area contributed by atoms with Crippen molar-refractivity contribution in [1.82, 2.24) is 19.8 Å². The summed E-state index contributed by atoms with van der Waals surface area (Å²) >= 11 is 3.06. The molecule has 3 rings (SSSR count). The van der Waals surface area contributed by atoms with Gasteiger partial charge in [0.2, 0.25) is 5.91 Å². The lowest BCUT2D eigenvalue weighted by molar-refractivity contribution is -0.129. The van der Waals surface area contributed by atoms with Crippen molar-refractivity contribution in [3.63, 3.8) is 0 Å². The maximum absolute atomic E-state index is 14.1. The SMILES string of the molecule is Cc1sc2ncnc(SCC(=O)N(CCN(C)C)Cc3ccccc3F)c2c1C. The van der Waals surface area contributed by atoms with E-state index < -0.39 is 0 Å². The third-order valence-corrected chi connectivity index (χ3v) is 6.84. The number of hydrogen-bond acceptors (Lipinski definition) is 6. The molecular weight excluding hydrogens is 407 g/mol. The molecule has 0 N–H and O–H groups in total. The highest BCUT2D eigenvalue weighted by Gasteiger charge is 2.18. The average molecular weight is 433 g/mol. The van der Waals surface area contributed by atoms with E-state index in [0.717, 1.165) is 20.8 Å². The molecule has 0 aliphatic carbocycles. The molecule has 0 aliphatic heterocycles. The second-order valence-electron chi connectivity index (χ2n) is 7.14. The number of fused-ring (bicyclic) bond motifs is 1. The van der Waals surface area contributed by atoms with Crippen LogP contribution in [0.5, 0.6) is 0 Å². The molecule has 0 radical (unpaired) electrons. The Kier molecular flexibility index (Phi) is 7.21. The minimum absolute atomic E-state index is 0.0310. The molecule has 154 valence electrons. The number of carbonyl (C=O) groups excluding carboxylic acids is 1. The Hall–Kier alpha value is -2.03. The summed E-state index contributed by atoms with van der Waals surface area (Å²) in [5, 5.41) is 1.85. The fraction of sp³-hybridized carbons (Fsp3) is 0.381. The van der Waals surface area contributed by atoms with E-state index >= 15 is 0 Å². The van der Waals surface area contributed by atoms with Gasteiger partial charge in [0, 0.05) is 35.5 Å².